The van der Waals surface area contributed by atoms with E-state index < -0.39 is 23.4 Å². The van der Waals surface area contributed by atoms with Gasteiger partial charge < -0.3 is 20.1 Å². The molecule has 2 aliphatic rings. The number of hydrogen-bond donors (Lipinski definition) is 2. The molecule has 4 rings (SSSR count). The number of ether oxygens (including phenoxy) is 2. The zero-order valence-corrected chi connectivity index (χ0v) is 16.3. The average molecular weight is 416 g/mol. The lowest BCUT2D eigenvalue weighted by Crippen LogP contribution is -2.29. The van der Waals surface area contributed by atoms with Gasteiger partial charge in [-0.3, -0.25) is 9.59 Å². The van der Waals surface area contributed by atoms with E-state index in [9.17, 15) is 18.4 Å². The molecule has 0 unspecified atom stereocenters. The van der Waals surface area contributed by atoms with Gasteiger partial charge in [0.2, 0.25) is 0 Å². The molecule has 158 valence electrons. The van der Waals surface area contributed by atoms with E-state index in [-0.39, 0.29) is 35.1 Å². The van der Waals surface area contributed by atoms with Crippen LogP contribution in [0.5, 0.6) is 11.5 Å². The Morgan fingerprint density at radius 1 is 0.733 bits per heavy atom. The topological polar surface area (TPSA) is 76.7 Å². The minimum Gasteiger partial charge on any atom is -0.487 e. The number of halogens is 2. The maximum absolute atomic E-state index is 14.1. The van der Waals surface area contributed by atoms with Gasteiger partial charge in [-0.15, -0.1) is 0 Å². The molecule has 2 saturated carbocycles. The Morgan fingerprint density at radius 2 is 1.13 bits per heavy atom. The van der Waals surface area contributed by atoms with E-state index in [2.05, 4.69) is 10.6 Å². The molecular weight excluding hydrogens is 394 g/mol. The monoisotopic (exact) mass is 416 g/mol. The Kier molecular flexibility index (Phi) is 5.83. The minimum absolute atomic E-state index is 0.0247. The number of anilines is 2. The van der Waals surface area contributed by atoms with E-state index in [1.807, 2.05) is 0 Å². The quantitative estimate of drug-likeness (QED) is 0.684. The van der Waals surface area contributed by atoms with Crippen molar-refractivity contribution in [3.05, 3.63) is 48.0 Å². The van der Waals surface area contributed by atoms with Gasteiger partial charge in [-0.2, -0.15) is 0 Å². The Labute approximate surface area is 172 Å². The number of carbonyl (C=O) groups is 2. The first-order valence-electron chi connectivity index (χ1n) is 10.0. The molecule has 0 spiro atoms. The van der Waals surface area contributed by atoms with E-state index in [0.717, 1.165) is 50.7 Å². The third-order valence-corrected chi connectivity index (χ3v) is 5.28. The second kappa shape index (κ2) is 8.69. The zero-order chi connectivity index (χ0) is 21.1. The molecule has 6 nitrogen and oxygen atoms in total. The van der Waals surface area contributed by atoms with E-state index in [1.54, 1.807) is 0 Å². The summed E-state index contributed by atoms with van der Waals surface area (Å²) in [7, 11) is 0. The zero-order valence-electron chi connectivity index (χ0n) is 16.3. The van der Waals surface area contributed by atoms with Crippen molar-refractivity contribution < 1.29 is 27.8 Å². The first-order valence-corrected chi connectivity index (χ1v) is 10.0. The SMILES string of the molecule is O=C(Nc1ccc(OC2CCC2)c(F)c1)C(=O)Nc1ccc(OC2CCC2)c(F)c1. The number of hydrogen-bond acceptors (Lipinski definition) is 4. The van der Waals surface area contributed by atoms with Crippen LogP contribution in [-0.4, -0.2) is 24.0 Å². The van der Waals surface area contributed by atoms with Crippen LogP contribution in [0.2, 0.25) is 0 Å². The molecule has 0 atom stereocenters. The van der Waals surface area contributed by atoms with Gasteiger partial charge >= 0.3 is 11.8 Å². The summed E-state index contributed by atoms with van der Waals surface area (Å²) >= 11 is 0. The van der Waals surface area contributed by atoms with Crippen LogP contribution in [-0.2, 0) is 9.59 Å². The molecule has 2 fully saturated rings. The molecule has 8 heteroatoms. The molecular formula is C22H22F2N2O4. The Bertz CT molecular complexity index is 881. The van der Waals surface area contributed by atoms with Gasteiger partial charge in [0.1, 0.15) is 0 Å². The predicted molar refractivity (Wildman–Crippen MR) is 107 cm³/mol. The maximum Gasteiger partial charge on any atom is 0.314 e. The number of carbonyl (C=O) groups excluding carboxylic acids is 2. The van der Waals surface area contributed by atoms with Gasteiger partial charge in [0.25, 0.3) is 0 Å². The summed E-state index contributed by atoms with van der Waals surface area (Å²) in [5.74, 6) is -3.02. The third-order valence-electron chi connectivity index (χ3n) is 5.28. The van der Waals surface area contributed by atoms with Crippen LogP contribution in [0.15, 0.2) is 36.4 Å². The molecule has 0 aromatic heterocycles. The van der Waals surface area contributed by atoms with Crippen molar-refractivity contribution in [1.82, 2.24) is 0 Å². The maximum atomic E-state index is 14.1. The summed E-state index contributed by atoms with van der Waals surface area (Å²) in [5, 5.41) is 4.63. The minimum atomic E-state index is -1.00. The van der Waals surface area contributed by atoms with Gasteiger partial charge in [0, 0.05) is 23.5 Å². The van der Waals surface area contributed by atoms with Gasteiger partial charge in [0.15, 0.2) is 23.1 Å². The first kappa shape index (κ1) is 20.1. The van der Waals surface area contributed by atoms with Crippen molar-refractivity contribution in [1.29, 1.82) is 0 Å². The molecule has 0 saturated heterocycles. The van der Waals surface area contributed by atoms with Crippen LogP contribution < -0.4 is 20.1 Å². The molecule has 0 bridgehead atoms. The standard InChI is InChI=1S/C22H22F2N2O4/c23-17-11-13(7-9-19(17)29-15-3-1-4-15)25-21(27)22(28)26-14-8-10-20(18(24)12-14)30-16-5-2-6-16/h7-12,15-16H,1-6H2,(H,25,27)(H,26,28). The second-order valence-electron chi connectivity index (χ2n) is 7.54. The fourth-order valence-electron chi connectivity index (χ4n) is 3.06. The molecule has 2 aromatic carbocycles. The Morgan fingerprint density at radius 3 is 1.43 bits per heavy atom. The molecule has 0 heterocycles. The van der Waals surface area contributed by atoms with Crippen LogP contribution in [0.25, 0.3) is 0 Å². The van der Waals surface area contributed by atoms with Crippen LogP contribution in [0, 0.1) is 11.6 Å². The highest BCUT2D eigenvalue weighted by atomic mass is 19.1. The Balaban J connectivity index is 1.32. The normalized spacial score (nSPS) is 16.2. The van der Waals surface area contributed by atoms with Gasteiger partial charge in [-0.25, -0.2) is 8.78 Å². The number of rotatable bonds is 6. The summed E-state index contributed by atoms with van der Waals surface area (Å²) in [5.41, 5.74) is 0.230. The van der Waals surface area contributed by atoms with Crippen molar-refractivity contribution >= 4 is 23.2 Å². The van der Waals surface area contributed by atoms with E-state index in [1.165, 1.54) is 24.3 Å². The van der Waals surface area contributed by atoms with Crippen LogP contribution >= 0.6 is 0 Å². The molecule has 0 radical (unpaired) electrons. The number of nitrogens with one attached hydrogen (secondary N) is 2. The summed E-state index contributed by atoms with van der Waals surface area (Å²) in [6.45, 7) is 0. The highest BCUT2D eigenvalue weighted by Gasteiger charge is 2.22. The van der Waals surface area contributed by atoms with E-state index >= 15 is 0 Å². The number of benzene rings is 2. The lowest BCUT2D eigenvalue weighted by molar-refractivity contribution is -0.133. The number of amides is 2. The fraction of sp³-hybridized carbons (Fsp3) is 0.364. The molecule has 0 aliphatic heterocycles. The predicted octanol–water partition coefficient (Wildman–Crippen LogP) is 4.40. The van der Waals surface area contributed by atoms with E-state index in [4.69, 9.17) is 9.47 Å². The summed E-state index contributed by atoms with van der Waals surface area (Å²) in [6, 6.07) is 7.91. The highest BCUT2D eigenvalue weighted by Crippen LogP contribution is 2.29. The molecule has 2 aliphatic carbocycles. The summed E-state index contributed by atoms with van der Waals surface area (Å²) in [4.78, 5) is 24.2. The molecule has 2 amide bonds. The average Bonchev–Trinajstić information content (AvgIpc) is 2.63. The van der Waals surface area contributed by atoms with Crippen LogP contribution in [0.4, 0.5) is 20.2 Å². The van der Waals surface area contributed by atoms with Crippen molar-refractivity contribution in [2.45, 2.75) is 50.7 Å². The smallest absolute Gasteiger partial charge is 0.314 e. The van der Waals surface area contributed by atoms with Gasteiger partial charge in [0.05, 0.1) is 12.2 Å². The highest BCUT2D eigenvalue weighted by molar-refractivity contribution is 6.43. The third kappa shape index (κ3) is 4.69. The van der Waals surface area contributed by atoms with Crippen molar-refractivity contribution in [2.24, 2.45) is 0 Å². The lowest BCUT2D eigenvalue weighted by Gasteiger charge is -2.26. The van der Waals surface area contributed by atoms with Gasteiger partial charge in [-0.05, 0) is 62.8 Å². The second-order valence-corrected chi connectivity index (χ2v) is 7.54. The van der Waals surface area contributed by atoms with E-state index in [0.29, 0.717) is 0 Å². The summed E-state index contributed by atoms with van der Waals surface area (Å²) < 4.78 is 39.3. The Hall–Kier alpha value is -3.16. The van der Waals surface area contributed by atoms with Gasteiger partial charge in [-0.1, -0.05) is 0 Å². The van der Waals surface area contributed by atoms with Crippen molar-refractivity contribution in [3.8, 4) is 11.5 Å². The summed E-state index contributed by atoms with van der Waals surface area (Å²) in [6.07, 6.45) is 5.76. The van der Waals surface area contributed by atoms with Crippen molar-refractivity contribution in [2.75, 3.05) is 10.6 Å². The molecule has 2 N–H and O–H groups in total. The van der Waals surface area contributed by atoms with Crippen molar-refractivity contribution in [3.63, 3.8) is 0 Å². The van der Waals surface area contributed by atoms with Crippen LogP contribution in [0.3, 0.4) is 0 Å². The lowest BCUT2D eigenvalue weighted by atomic mass is 9.96. The fourth-order valence-corrected chi connectivity index (χ4v) is 3.06. The first-order chi connectivity index (χ1) is 14.5. The molecule has 2 aromatic rings. The van der Waals surface area contributed by atoms with Crippen LogP contribution in [0.1, 0.15) is 38.5 Å². The molecule has 30 heavy (non-hydrogen) atoms. The largest absolute Gasteiger partial charge is 0.487 e.